The molecule has 1 aromatic carbocycles. The fraction of sp³-hybridized carbons (Fsp3) is 0.267. The quantitative estimate of drug-likeness (QED) is 0.891. The highest BCUT2D eigenvalue weighted by Crippen LogP contribution is 2.34. The lowest BCUT2D eigenvalue weighted by Gasteiger charge is -2.27. The fourth-order valence-electron chi connectivity index (χ4n) is 2.63. The minimum Gasteiger partial charge on any atom is -0.494 e. The third-order valence-corrected chi connectivity index (χ3v) is 3.57. The van der Waals surface area contributed by atoms with E-state index in [9.17, 15) is 4.79 Å². The van der Waals surface area contributed by atoms with E-state index in [1.165, 1.54) is 6.33 Å². The summed E-state index contributed by atoms with van der Waals surface area (Å²) in [6.07, 6.45) is 1.45. The summed E-state index contributed by atoms with van der Waals surface area (Å²) in [5.74, 6) is 0.881. The molecule has 0 fully saturated rings. The van der Waals surface area contributed by atoms with Gasteiger partial charge in [0, 0.05) is 5.70 Å². The number of nitrogens with two attached hydrogens (primary N) is 1. The Morgan fingerprint density at radius 2 is 2.14 bits per heavy atom. The monoisotopic (exact) mass is 299 g/mol. The van der Waals surface area contributed by atoms with Crippen LogP contribution in [0.4, 0.5) is 5.95 Å². The van der Waals surface area contributed by atoms with Crippen molar-refractivity contribution in [2.24, 2.45) is 5.73 Å². The molecular formula is C15H17N5O2. The number of nitrogens with one attached hydrogen (secondary N) is 1. The molecule has 1 aliphatic heterocycles. The number of carbonyl (C=O) groups is 1. The van der Waals surface area contributed by atoms with Crippen molar-refractivity contribution in [2.75, 3.05) is 11.9 Å². The second-order valence-corrected chi connectivity index (χ2v) is 4.96. The fourth-order valence-corrected chi connectivity index (χ4v) is 2.63. The van der Waals surface area contributed by atoms with E-state index in [0.29, 0.717) is 23.8 Å². The molecule has 1 amide bonds. The smallest absolute Gasteiger partial charge is 0.248 e. The van der Waals surface area contributed by atoms with Crippen molar-refractivity contribution in [3.63, 3.8) is 0 Å². The molecule has 1 unspecified atom stereocenters. The van der Waals surface area contributed by atoms with Gasteiger partial charge in [0.05, 0.1) is 12.2 Å². The highest BCUT2D eigenvalue weighted by Gasteiger charge is 2.32. The van der Waals surface area contributed by atoms with Crippen LogP contribution in [0.25, 0.3) is 0 Å². The maximum Gasteiger partial charge on any atom is 0.248 e. The van der Waals surface area contributed by atoms with Gasteiger partial charge in [0.25, 0.3) is 0 Å². The molecule has 2 heterocycles. The summed E-state index contributed by atoms with van der Waals surface area (Å²) in [7, 11) is 0. The Balaban J connectivity index is 2.08. The van der Waals surface area contributed by atoms with E-state index >= 15 is 0 Å². The van der Waals surface area contributed by atoms with Gasteiger partial charge in [0.2, 0.25) is 11.9 Å². The number of anilines is 1. The van der Waals surface area contributed by atoms with E-state index < -0.39 is 11.9 Å². The summed E-state index contributed by atoms with van der Waals surface area (Å²) in [5.41, 5.74) is 7.62. The summed E-state index contributed by atoms with van der Waals surface area (Å²) in [6.45, 7) is 4.34. The number of primary amides is 1. The van der Waals surface area contributed by atoms with Crippen molar-refractivity contribution in [3.8, 4) is 5.75 Å². The second-order valence-electron chi connectivity index (χ2n) is 4.96. The third kappa shape index (κ3) is 2.30. The van der Waals surface area contributed by atoms with Gasteiger partial charge in [0.1, 0.15) is 18.1 Å². The maximum atomic E-state index is 11.9. The predicted octanol–water partition coefficient (Wildman–Crippen LogP) is 1.45. The summed E-state index contributed by atoms with van der Waals surface area (Å²) in [5, 5.41) is 7.26. The first-order valence-corrected chi connectivity index (χ1v) is 7.01. The summed E-state index contributed by atoms with van der Waals surface area (Å²) >= 11 is 0. The molecule has 22 heavy (non-hydrogen) atoms. The van der Waals surface area contributed by atoms with Gasteiger partial charge in [-0.25, -0.2) is 4.68 Å². The van der Waals surface area contributed by atoms with Gasteiger partial charge in [-0.05, 0) is 31.5 Å². The lowest BCUT2D eigenvalue weighted by molar-refractivity contribution is -0.115. The molecule has 0 radical (unpaired) electrons. The first-order chi connectivity index (χ1) is 10.6. The first kappa shape index (κ1) is 14.1. The van der Waals surface area contributed by atoms with E-state index in [0.717, 1.165) is 11.3 Å². The molecule has 114 valence electrons. The van der Waals surface area contributed by atoms with Crippen molar-refractivity contribution in [1.29, 1.82) is 0 Å². The van der Waals surface area contributed by atoms with Crippen LogP contribution in [0.5, 0.6) is 5.75 Å². The van der Waals surface area contributed by atoms with Crippen LogP contribution in [0.1, 0.15) is 25.5 Å². The Hall–Kier alpha value is -2.83. The van der Waals surface area contributed by atoms with Crippen molar-refractivity contribution >= 4 is 11.9 Å². The molecule has 0 bridgehead atoms. The van der Waals surface area contributed by atoms with Crippen LogP contribution in [0, 0.1) is 0 Å². The Kier molecular flexibility index (Phi) is 3.54. The van der Waals surface area contributed by atoms with Crippen LogP contribution < -0.4 is 15.8 Å². The summed E-state index contributed by atoms with van der Waals surface area (Å²) in [6, 6.07) is 7.15. The SMILES string of the molecule is CCOc1ccc(C2C(C(N)=O)=C(C)Nc3ncnn32)cc1. The molecule has 7 heteroatoms. The highest BCUT2D eigenvalue weighted by atomic mass is 16.5. The minimum atomic E-state index is -0.481. The van der Waals surface area contributed by atoms with Crippen molar-refractivity contribution in [1.82, 2.24) is 14.8 Å². The van der Waals surface area contributed by atoms with E-state index in [1.54, 1.807) is 11.6 Å². The molecule has 7 nitrogen and oxygen atoms in total. The molecule has 3 N–H and O–H groups in total. The zero-order valence-corrected chi connectivity index (χ0v) is 12.4. The van der Waals surface area contributed by atoms with Crippen LogP contribution in [-0.2, 0) is 4.79 Å². The van der Waals surface area contributed by atoms with Gasteiger partial charge in [-0.3, -0.25) is 4.79 Å². The highest BCUT2D eigenvalue weighted by molar-refractivity contribution is 5.95. The average molecular weight is 299 g/mol. The molecule has 0 saturated carbocycles. The number of benzene rings is 1. The van der Waals surface area contributed by atoms with Gasteiger partial charge >= 0.3 is 0 Å². The Labute approximate surface area is 127 Å². The lowest BCUT2D eigenvalue weighted by atomic mass is 9.95. The number of allylic oxidation sites excluding steroid dienone is 1. The summed E-state index contributed by atoms with van der Waals surface area (Å²) < 4.78 is 7.10. The van der Waals surface area contributed by atoms with Gasteiger partial charge in [-0.15, -0.1) is 0 Å². The number of fused-ring (bicyclic) bond motifs is 1. The van der Waals surface area contributed by atoms with E-state index in [1.807, 2.05) is 31.2 Å². The van der Waals surface area contributed by atoms with Gasteiger partial charge in [-0.2, -0.15) is 10.1 Å². The van der Waals surface area contributed by atoms with E-state index in [2.05, 4.69) is 15.4 Å². The zero-order chi connectivity index (χ0) is 15.7. The number of hydrogen-bond acceptors (Lipinski definition) is 5. The number of amides is 1. The average Bonchev–Trinajstić information content (AvgIpc) is 2.94. The number of aromatic nitrogens is 3. The number of nitrogens with zero attached hydrogens (tertiary/aromatic N) is 3. The topological polar surface area (TPSA) is 95.1 Å². The normalized spacial score (nSPS) is 16.9. The van der Waals surface area contributed by atoms with Crippen LogP contribution >= 0.6 is 0 Å². The maximum absolute atomic E-state index is 11.9. The molecule has 1 aliphatic rings. The number of hydrogen-bond donors (Lipinski definition) is 2. The Bertz CT molecular complexity index is 733. The minimum absolute atomic E-state index is 0.396. The molecule has 0 saturated heterocycles. The van der Waals surface area contributed by atoms with Gasteiger partial charge in [-0.1, -0.05) is 12.1 Å². The molecular weight excluding hydrogens is 282 g/mol. The van der Waals surface area contributed by atoms with Gasteiger partial charge < -0.3 is 15.8 Å². The molecule has 3 rings (SSSR count). The largest absolute Gasteiger partial charge is 0.494 e. The van der Waals surface area contributed by atoms with Crippen LogP contribution in [-0.4, -0.2) is 27.3 Å². The van der Waals surface area contributed by atoms with Crippen LogP contribution in [0.2, 0.25) is 0 Å². The lowest BCUT2D eigenvalue weighted by Crippen LogP contribution is -2.31. The Morgan fingerprint density at radius 3 is 2.77 bits per heavy atom. The Morgan fingerprint density at radius 1 is 1.41 bits per heavy atom. The molecule has 1 atom stereocenters. The molecule has 0 spiro atoms. The molecule has 1 aromatic heterocycles. The third-order valence-electron chi connectivity index (χ3n) is 3.57. The zero-order valence-electron chi connectivity index (χ0n) is 12.4. The predicted molar refractivity (Wildman–Crippen MR) is 81.3 cm³/mol. The standard InChI is InChI=1S/C15H17N5O2/c1-3-22-11-6-4-10(5-7-11)13-12(14(16)21)9(2)19-15-17-8-18-20(13)15/h4-8,13H,3H2,1-2H3,(H2,16,21)(H,17,18,19). The molecule has 0 aliphatic carbocycles. The van der Waals surface area contributed by atoms with Crippen molar-refractivity contribution in [2.45, 2.75) is 19.9 Å². The van der Waals surface area contributed by atoms with Gasteiger partial charge in [0.15, 0.2) is 0 Å². The van der Waals surface area contributed by atoms with Crippen molar-refractivity contribution < 1.29 is 9.53 Å². The second kappa shape index (κ2) is 5.51. The van der Waals surface area contributed by atoms with Crippen molar-refractivity contribution in [3.05, 3.63) is 47.4 Å². The number of rotatable bonds is 4. The van der Waals surface area contributed by atoms with E-state index in [-0.39, 0.29) is 0 Å². The van der Waals surface area contributed by atoms with Crippen LogP contribution in [0.3, 0.4) is 0 Å². The number of ether oxygens (including phenoxy) is 1. The first-order valence-electron chi connectivity index (χ1n) is 7.01. The van der Waals surface area contributed by atoms with Crippen LogP contribution in [0.15, 0.2) is 41.9 Å². The van der Waals surface area contributed by atoms with E-state index in [4.69, 9.17) is 10.5 Å². The summed E-state index contributed by atoms with van der Waals surface area (Å²) in [4.78, 5) is 16.0. The number of carbonyl (C=O) groups excluding carboxylic acids is 1. The molecule has 2 aromatic rings.